The van der Waals surface area contributed by atoms with Crippen molar-refractivity contribution in [3.8, 4) is 17.2 Å². The molecule has 5 heteroatoms. The van der Waals surface area contributed by atoms with Crippen LogP contribution in [-0.4, -0.2) is 24.5 Å². The molecular formula is C19H18O5. The maximum Gasteiger partial charge on any atom is 0.309 e. The zero-order chi connectivity index (χ0) is 16.5. The molecule has 24 heavy (non-hydrogen) atoms. The highest BCUT2D eigenvalue weighted by molar-refractivity contribution is 5.75. The second kappa shape index (κ2) is 6.07. The van der Waals surface area contributed by atoms with E-state index < -0.39 is 0 Å². The quantitative estimate of drug-likeness (QED) is 0.875. The lowest BCUT2D eigenvalue weighted by molar-refractivity contribution is -0.141. The first-order valence-corrected chi connectivity index (χ1v) is 8.02. The van der Waals surface area contributed by atoms with Gasteiger partial charge < -0.3 is 19.3 Å². The number of carbonyl (C=O) groups is 1. The number of rotatable bonds is 4. The van der Waals surface area contributed by atoms with Crippen LogP contribution in [0.2, 0.25) is 0 Å². The molecule has 2 heterocycles. The van der Waals surface area contributed by atoms with E-state index in [4.69, 9.17) is 14.2 Å². The molecule has 0 amide bonds. The van der Waals surface area contributed by atoms with Gasteiger partial charge in [0.05, 0.1) is 12.5 Å². The Kier molecular flexibility index (Phi) is 3.76. The van der Waals surface area contributed by atoms with Crippen LogP contribution in [0.3, 0.4) is 0 Å². The molecule has 2 atom stereocenters. The molecule has 0 spiro atoms. The average Bonchev–Trinajstić information content (AvgIpc) is 3.18. The number of hydrogen-bond acceptors (Lipinski definition) is 5. The fourth-order valence-corrected chi connectivity index (χ4v) is 3.31. The topological polar surface area (TPSA) is 65.0 Å². The molecule has 0 aliphatic carbocycles. The number of benzene rings is 2. The monoisotopic (exact) mass is 326 g/mol. The minimum absolute atomic E-state index is 0.131. The van der Waals surface area contributed by atoms with Crippen molar-refractivity contribution in [1.29, 1.82) is 0 Å². The summed E-state index contributed by atoms with van der Waals surface area (Å²) in [6, 6.07) is 12.9. The van der Waals surface area contributed by atoms with E-state index in [9.17, 15) is 9.90 Å². The molecule has 5 nitrogen and oxygen atoms in total. The molecular weight excluding hydrogens is 308 g/mol. The summed E-state index contributed by atoms with van der Waals surface area (Å²) < 4.78 is 16.0. The van der Waals surface area contributed by atoms with Gasteiger partial charge in [0, 0.05) is 5.92 Å². The van der Waals surface area contributed by atoms with Crippen molar-refractivity contribution in [2.24, 2.45) is 11.8 Å². The SMILES string of the molecule is O=C1OCC(Cc2ccc3c(c2)OCO3)[C@H]1Cc1ccc(O)cc1. The number of aromatic hydroxyl groups is 1. The van der Waals surface area contributed by atoms with Crippen LogP contribution in [0.25, 0.3) is 0 Å². The lowest BCUT2D eigenvalue weighted by atomic mass is 9.85. The van der Waals surface area contributed by atoms with Crippen LogP contribution in [-0.2, 0) is 22.4 Å². The van der Waals surface area contributed by atoms with Gasteiger partial charge in [0.25, 0.3) is 0 Å². The van der Waals surface area contributed by atoms with Crippen molar-refractivity contribution in [3.63, 3.8) is 0 Å². The van der Waals surface area contributed by atoms with Crippen LogP contribution < -0.4 is 9.47 Å². The molecule has 1 unspecified atom stereocenters. The van der Waals surface area contributed by atoms with Gasteiger partial charge in [0.2, 0.25) is 6.79 Å². The van der Waals surface area contributed by atoms with E-state index in [1.807, 2.05) is 30.3 Å². The zero-order valence-corrected chi connectivity index (χ0v) is 13.1. The van der Waals surface area contributed by atoms with Crippen LogP contribution in [0.1, 0.15) is 11.1 Å². The number of esters is 1. The molecule has 0 bridgehead atoms. The third-order valence-electron chi connectivity index (χ3n) is 4.64. The van der Waals surface area contributed by atoms with Crippen LogP contribution in [0.5, 0.6) is 17.2 Å². The first kappa shape index (κ1) is 14.9. The van der Waals surface area contributed by atoms with Gasteiger partial charge in [0.1, 0.15) is 5.75 Å². The van der Waals surface area contributed by atoms with E-state index in [0.717, 1.165) is 29.0 Å². The van der Waals surface area contributed by atoms with Gasteiger partial charge >= 0.3 is 5.97 Å². The van der Waals surface area contributed by atoms with E-state index in [1.165, 1.54) is 0 Å². The van der Waals surface area contributed by atoms with Crippen LogP contribution >= 0.6 is 0 Å². The van der Waals surface area contributed by atoms with Crippen LogP contribution in [0.4, 0.5) is 0 Å². The number of ether oxygens (including phenoxy) is 3. The largest absolute Gasteiger partial charge is 0.508 e. The van der Waals surface area contributed by atoms with E-state index in [-0.39, 0.29) is 30.3 Å². The van der Waals surface area contributed by atoms with E-state index in [0.29, 0.717) is 13.0 Å². The van der Waals surface area contributed by atoms with Crippen LogP contribution in [0, 0.1) is 11.8 Å². The molecule has 2 aliphatic rings. The Balaban J connectivity index is 1.49. The molecule has 124 valence electrons. The van der Waals surface area contributed by atoms with Gasteiger partial charge in [-0.25, -0.2) is 0 Å². The Labute approximate surface area is 139 Å². The summed E-state index contributed by atoms with van der Waals surface area (Å²) in [7, 11) is 0. The van der Waals surface area contributed by atoms with Gasteiger partial charge in [0.15, 0.2) is 11.5 Å². The Bertz CT molecular complexity index is 753. The lowest BCUT2D eigenvalue weighted by Crippen LogP contribution is -2.20. The van der Waals surface area contributed by atoms with E-state index >= 15 is 0 Å². The average molecular weight is 326 g/mol. The Morgan fingerprint density at radius 3 is 2.50 bits per heavy atom. The molecule has 1 saturated heterocycles. The highest BCUT2D eigenvalue weighted by Gasteiger charge is 2.37. The number of phenols is 1. The lowest BCUT2D eigenvalue weighted by Gasteiger charge is -2.15. The Hall–Kier alpha value is -2.69. The van der Waals surface area contributed by atoms with Gasteiger partial charge in [-0.3, -0.25) is 4.79 Å². The standard InChI is InChI=1S/C19H18O5/c20-15-4-1-12(2-5-15)8-16-14(10-22-19(16)21)7-13-3-6-17-18(9-13)24-11-23-17/h1-6,9,14,16,20H,7-8,10-11H2/t14?,16-/m1/s1. The van der Waals surface area contributed by atoms with E-state index in [1.54, 1.807) is 12.1 Å². The number of hydrogen-bond donors (Lipinski definition) is 1. The van der Waals surface area contributed by atoms with Crippen molar-refractivity contribution >= 4 is 5.97 Å². The van der Waals surface area contributed by atoms with E-state index in [2.05, 4.69) is 0 Å². The molecule has 0 saturated carbocycles. The molecule has 2 aromatic rings. The molecule has 0 radical (unpaired) electrons. The number of cyclic esters (lactones) is 1. The number of phenolic OH excluding ortho intramolecular Hbond substituents is 1. The second-order valence-corrected chi connectivity index (χ2v) is 6.26. The fraction of sp³-hybridized carbons (Fsp3) is 0.316. The smallest absolute Gasteiger partial charge is 0.309 e. The fourth-order valence-electron chi connectivity index (χ4n) is 3.31. The summed E-state index contributed by atoms with van der Waals surface area (Å²) in [5.41, 5.74) is 2.13. The molecule has 0 aromatic heterocycles. The third-order valence-corrected chi connectivity index (χ3v) is 4.64. The molecule has 1 N–H and O–H groups in total. The Morgan fingerprint density at radius 1 is 0.917 bits per heavy atom. The summed E-state index contributed by atoms with van der Waals surface area (Å²) in [6.07, 6.45) is 1.37. The zero-order valence-electron chi connectivity index (χ0n) is 13.1. The van der Waals surface area contributed by atoms with Crippen molar-refractivity contribution in [2.75, 3.05) is 13.4 Å². The maximum absolute atomic E-state index is 12.1. The summed E-state index contributed by atoms with van der Waals surface area (Å²) in [6.45, 7) is 0.698. The number of carbonyl (C=O) groups excluding carboxylic acids is 1. The molecule has 2 aliphatic heterocycles. The summed E-state index contributed by atoms with van der Waals surface area (Å²) in [5, 5.41) is 9.38. The van der Waals surface area contributed by atoms with Crippen molar-refractivity contribution in [2.45, 2.75) is 12.8 Å². The van der Waals surface area contributed by atoms with Crippen LogP contribution in [0.15, 0.2) is 42.5 Å². The summed E-state index contributed by atoms with van der Waals surface area (Å²) in [4.78, 5) is 12.1. The van der Waals surface area contributed by atoms with Crippen molar-refractivity contribution in [3.05, 3.63) is 53.6 Å². The van der Waals surface area contributed by atoms with Gasteiger partial charge in [-0.05, 0) is 48.2 Å². The summed E-state index contributed by atoms with van der Waals surface area (Å²) >= 11 is 0. The summed E-state index contributed by atoms with van der Waals surface area (Å²) in [5.74, 6) is 1.57. The Morgan fingerprint density at radius 2 is 1.67 bits per heavy atom. The molecule has 1 fully saturated rings. The van der Waals surface area contributed by atoms with Gasteiger partial charge in [-0.15, -0.1) is 0 Å². The van der Waals surface area contributed by atoms with Crippen molar-refractivity contribution in [1.82, 2.24) is 0 Å². The number of fused-ring (bicyclic) bond motifs is 1. The normalized spacial score (nSPS) is 21.8. The second-order valence-electron chi connectivity index (χ2n) is 6.26. The molecule has 4 rings (SSSR count). The van der Waals surface area contributed by atoms with Crippen molar-refractivity contribution < 1.29 is 24.1 Å². The predicted octanol–water partition coefficient (Wildman–Crippen LogP) is 2.70. The third kappa shape index (κ3) is 2.89. The molecule has 2 aromatic carbocycles. The first-order chi connectivity index (χ1) is 11.7. The first-order valence-electron chi connectivity index (χ1n) is 8.02. The van der Waals surface area contributed by atoms with Gasteiger partial charge in [-0.2, -0.15) is 0 Å². The minimum atomic E-state index is -0.167. The minimum Gasteiger partial charge on any atom is -0.508 e. The maximum atomic E-state index is 12.1. The van der Waals surface area contributed by atoms with Gasteiger partial charge in [-0.1, -0.05) is 18.2 Å². The predicted molar refractivity (Wildman–Crippen MR) is 86.0 cm³/mol. The highest BCUT2D eigenvalue weighted by atomic mass is 16.7. The highest BCUT2D eigenvalue weighted by Crippen LogP contribution is 2.35.